The zero-order chi connectivity index (χ0) is 43.8. The average molecular weight is 855 g/mol. The Bertz CT molecular complexity index is 1210. The molecule has 4 atom stereocenters. The van der Waals surface area contributed by atoms with Crippen LogP contribution < -0.4 is 0 Å². The molecule has 0 radical (unpaired) electrons. The summed E-state index contributed by atoms with van der Waals surface area (Å²) < 4.78 is 29.1. The monoisotopic (exact) mass is 853 g/mol. The van der Waals surface area contributed by atoms with E-state index in [1.165, 1.54) is 28.1 Å². The molecule has 0 amide bonds. The van der Waals surface area contributed by atoms with Gasteiger partial charge in [-0.25, -0.2) is 19.2 Å². The summed E-state index contributed by atoms with van der Waals surface area (Å²) in [5.74, 6) is -4.77. The van der Waals surface area contributed by atoms with Gasteiger partial charge in [-0.2, -0.15) is 0 Å². The second-order valence-electron chi connectivity index (χ2n) is 12.7. The smallest absolute Gasteiger partial charge is 0.347 e. The zero-order valence-corrected chi connectivity index (χ0v) is 36.2. The molecule has 0 aromatic heterocycles. The van der Waals surface area contributed by atoms with Crippen LogP contribution in [-0.4, -0.2) is 168 Å². The third-order valence-electron chi connectivity index (χ3n) is 6.33. The number of esters is 6. The number of carbonyl (C=O) groups excluding carboxylic acids is 6. The minimum atomic E-state index is -1.17. The summed E-state index contributed by atoms with van der Waals surface area (Å²) in [5, 5.41) is 7.89. The Morgan fingerprint density at radius 2 is 1.02 bits per heavy atom. The van der Waals surface area contributed by atoms with Crippen molar-refractivity contribution in [3.05, 3.63) is 37.0 Å². The third-order valence-corrected chi connectivity index (χ3v) is 7.08. The van der Waals surface area contributed by atoms with Crippen LogP contribution in [0.3, 0.4) is 0 Å². The quantitative estimate of drug-likeness (QED) is 0.0763. The van der Waals surface area contributed by atoms with Gasteiger partial charge in [0.1, 0.15) is 24.6 Å². The van der Waals surface area contributed by atoms with Crippen molar-refractivity contribution in [2.75, 3.05) is 96.0 Å². The second kappa shape index (κ2) is 34.4. The first-order chi connectivity index (χ1) is 25.4. The molecule has 55 heavy (non-hydrogen) atoms. The summed E-state index contributed by atoms with van der Waals surface area (Å²) in [5.41, 5.74) is 0.340. The topological polar surface area (TPSA) is 205 Å². The Morgan fingerprint density at radius 1 is 0.655 bits per heavy atom. The molecule has 4 unspecified atom stereocenters. The minimum Gasteiger partial charge on any atom is -0.478 e. The minimum absolute atomic E-state index is 0.00745. The van der Waals surface area contributed by atoms with Crippen LogP contribution in [0.1, 0.15) is 40.5 Å². The summed E-state index contributed by atoms with van der Waals surface area (Å²) in [6, 6.07) is 0. The lowest BCUT2D eigenvalue weighted by Crippen LogP contribution is -2.34. The number of hydrogen-bond donors (Lipinski definition) is 1. The number of alkyl halides is 1. The lowest BCUT2D eigenvalue weighted by atomic mass is 10.0. The number of nitrogens with zero attached hydrogens (tertiary/aromatic N) is 3. The van der Waals surface area contributed by atoms with Crippen LogP contribution in [0.4, 0.5) is 0 Å². The molecule has 0 aliphatic carbocycles. The number of carboxylic acid groups (broad SMARTS) is 1. The van der Waals surface area contributed by atoms with E-state index < -0.39 is 40.7 Å². The van der Waals surface area contributed by atoms with E-state index in [-0.39, 0.29) is 48.0 Å². The number of aliphatic carboxylic acids is 1. The number of carboxylic acids is 1. The number of methoxy groups -OCH3 is 2. The molecule has 0 fully saturated rings. The number of likely N-dealkylation sites (N-methyl/N-ethyl adjacent to an activating group) is 3. The first kappa shape index (κ1) is 57.6. The third kappa shape index (κ3) is 36.6. The van der Waals surface area contributed by atoms with Gasteiger partial charge in [-0.15, -0.1) is 0 Å². The molecule has 0 rings (SSSR count). The molecule has 18 heteroatoms. The Labute approximate surface area is 335 Å². The van der Waals surface area contributed by atoms with Crippen molar-refractivity contribution in [3.63, 3.8) is 0 Å². The van der Waals surface area contributed by atoms with Gasteiger partial charge in [0.05, 0.1) is 26.1 Å². The normalized spacial score (nSPS) is 12.2. The lowest BCUT2D eigenvalue weighted by molar-refractivity contribution is -0.168. The van der Waals surface area contributed by atoms with Gasteiger partial charge in [0.2, 0.25) is 0 Å². The molecule has 0 saturated heterocycles. The molecule has 0 aliphatic rings. The standard InChI is InChI=1S/C15H25NO6.C11H20BrNO4.C7H13NO2.C4H6O2/c1-10(2)13(17)22-12(9-11(3)14(18)20-6)15(19)21-8-7-16(4)5;1-8(10(14)16-4)7-9(12)11(15)17-6-5-13(2)3;1-4-7(9)10-6-5-8(2)3;1-3(2)4(5)6/h11-12H,1,7-9H2,2-6H3;8-9H,5-7H2,1-4H3;4H,1,5-6H2,2-3H3;1H2,2H3,(H,5,6). The van der Waals surface area contributed by atoms with Gasteiger partial charge in [-0.1, -0.05) is 49.5 Å². The van der Waals surface area contributed by atoms with Crippen molar-refractivity contribution in [3.8, 4) is 0 Å². The highest BCUT2D eigenvalue weighted by Gasteiger charge is 2.30. The largest absolute Gasteiger partial charge is 0.478 e. The maximum absolute atomic E-state index is 12.0. The van der Waals surface area contributed by atoms with E-state index in [0.717, 1.165) is 12.6 Å². The zero-order valence-electron chi connectivity index (χ0n) is 34.6. The van der Waals surface area contributed by atoms with Crippen LogP contribution in [-0.2, 0) is 62.0 Å². The number of ether oxygens (including phenoxy) is 6. The number of hydrogen-bond acceptors (Lipinski definition) is 16. The van der Waals surface area contributed by atoms with Gasteiger partial charge in [-0.05, 0) is 62.6 Å². The molecule has 0 heterocycles. The van der Waals surface area contributed by atoms with Crippen LogP contribution in [0.15, 0.2) is 37.0 Å². The molecule has 0 saturated carbocycles. The van der Waals surface area contributed by atoms with Crippen molar-refractivity contribution in [2.45, 2.75) is 51.5 Å². The molecular weight excluding hydrogens is 790 g/mol. The molecule has 0 aromatic rings. The fourth-order valence-corrected chi connectivity index (χ4v) is 3.67. The van der Waals surface area contributed by atoms with E-state index >= 15 is 0 Å². The van der Waals surface area contributed by atoms with E-state index in [1.54, 1.807) is 13.8 Å². The van der Waals surface area contributed by atoms with Crippen molar-refractivity contribution in [2.24, 2.45) is 11.8 Å². The van der Waals surface area contributed by atoms with Gasteiger partial charge < -0.3 is 48.2 Å². The summed E-state index contributed by atoms with van der Waals surface area (Å²) in [7, 11) is 13.9. The van der Waals surface area contributed by atoms with E-state index in [0.29, 0.717) is 32.7 Å². The Hall–Kier alpha value is -4.13. The van der Waals surface area contributed by atoms with E-state index in [1.807, 2.05) is 57.0 Å². The van der Waals surface area contributed by atoms with Crippen molar-refractivity contribution >= 4 is 57.7 Å². The molecule has 0 aromatic carbocycles. The van der Waals surface area contributed by atoms with Crippen molar-refractivity contribution < 1.29 is 67.1 Å². The fraction of sp³-hybridized carbons (Fsp3) is 0.649. The molecular formula is C37H64BrN3O14. The second-order valence-corrected chi connectivity index (χ2v) is 13.8. The Morgan fingerprint density at radius 3 is 1.35 bits per heavy atom. The first-order valence-electron chi connectivity index (χ1n) is 17.0. The van der Waals surface area contributed by atoms with Crippen molar-refractivity contribution in [1.82, 2.24) is 14.7 Å². The van der Waals surface area contributed by atoms with Crippen LogP contribution in [0.2, 0.25) is 0 Å². The van der Waals surface area contributed by atoms with Gasteiger partial charge >= 0.3 is 41.8 Å². The van der Waals surface area contributed by atoms with E-state index in [2.05, 4.69) is 45.1 Å². The molecule has 1 N–H and O–H groups in total. The van der Waals surface area contributed by atoms with Gasteiger partial charge in [-0.3, -0.25) is 14.4 Å². The van der Waals surface area contributed by atoms with Gasteiger partial charge in [0.25, 0.3) is 0 Å². The van der Waals surface area contributed by atoms with Crippen LogP contribution in [0.5, 0.6) is 0 Å². The van der Waals surface area contributed by atoms with Crippen LogP contribution >= 0.6 is 15.9 Å². The van der Waals surface area contributed by atoms with E-state index in [4.69, 9.17) is 24.1 Å². The summed E-state index contributed by atoms with van der Waals surface area (Å²) >= 11 is 3.21. The number of carbonyl (C=O) groups is 7. The highest BCUT2D eigenvalue weighted by atomic mass is 79.9. The highest BCUT2D eigenvalue weighted by Crippen LogP contribution is 2.16. The van der Waals surface area contributed by atoms with Gasteiger partial charge in [0, 0.05) is 43.3 Å². The molecule has 318 valence electrons. The molecule has 0 spiro atoms. The number of halogens is 1. The molecule has 0 aliphatic heterocycles. The molecule has 0 bridgehead atoms. The lowest BCUT2D eigenvalue weighted by Gasteiger charge is -2.20. The summed E-state index contributed by atoms with van der Waals surface area (Å²) in [4.78, 5) is 83.1. The predicted octanol–water partition coefficient (Wildman–Crippen LogP) is 2.76. The SMILES string of the molecule is C=C(C)C(=O)O.C=C(C)C(=O)OC(CC(C)C(=O)OC)C(=O)OCCN(C)C.C=CC(=O)OCCN(C)C.COC(=O)C(C)CC(Br)C(=O)OCCN(C)C. The average Bonchev–Trinajstić information content (AvgIpc) is 3.10. The molecule has 17 nitrogen and oxygen atoms in total. The Balaban J connectivity index is -0.000000347. The maximum Gasteiger partial charge on any atom is 0.347 e. The maximum atomic E-state index is 12.0. The first-order valence-corrected chi connectivity index (χ1v) is 17.9. The van der Waals surface area contributed by atoms with Crippen LogP contribution in [0, 0.1) is 11.8 Å². The van der Waals surface area contributed by atoms with Crippen LogP contribution in [0.25, 0.3) is 0 Å². The number of rotatable bonds is 21. The van der Waals surface area contributed by atoms with Gasteiger partial charge in [0.15, 0.2) is 6.10 Å². The predicted molar refractivity (Wildman–Crippen MR) is 210 cm³/mol. The summed E-state index contributed by atoms with van der Waals surface area (Å²) in [6.07, 6.45) is 0.357. The fourth-order valence-electron chi connectivity index (χ4n) is 2.97. The van der Waals surface area contributed by atoms with E-state index in [9.17, 15) is 33.6 Å². The summed E-state index contributed by atoms with van der Waals surface area (Å²) in [6.45, 7) is 19.0. The Kier molecular flexibility index (Phi) is 36.0. The highest BCUT2D eigenvalue weighted by molar-refractivity contribution is 9.10. The van der Waals surface area contributed by atoms with Crippen molar-refractivity contribution in [1.29, 1.82) is 0 Å².